The predicted molar refractivity (Wildman–Crippen MR) is 119 cm³/mol. The number of ether oxygens (including phenoxy) is 1. The second-order valence-corrected chi connectivity index (χ2v) is 7.93. The summed E-state index contributed by atoms with van der Waals surface area (Å²) in [7, 11) is 1.43. The van der Waals surface area contributed by atoms with Gasteiger partial charge in [0.05, 0.1) is 35.9 Å². The molecule has 0 bridgehead atoms. The molecule has 0 unspecified atom stereocenters. The van der Waals surface area contributed by atoms with Crippen molar-refractivity contribution < 1.29 is 14.1 Å². The molecule has 0 fully saturated rings. The van der Waals surface area contributed by atoms with E-state index >= 15 is 0 Å². The highest BCUT2D eigenvalue weighted by Crippen LogP contribution is 2.32. The minimum absolute atomic E-state index is 0.0906. The molecule has 0 amide bonds. The van der Waals surface area contributed by atoms with Crippen molar-refractivity contribution in [3.8, 4) is 17.9 Å². The van der Waals surface area contributed by atoms with Crippen molar-refractivity contribution >= 4 is 52.8 Å². The number of fused-ring (bicyclic) bond motifs is 1. The van der Waals surface area contributed by atoms with Crippen LogP contribution in [0.15, 0.2) is 47.1 Å². The number of rotatable bonds is 6. The van der Waals surface area contributed by atoms with Gasteiger partial charge in [-0.2, -0.15) is 10.5 Å². The Morgan fingerprint density at radius 1 is 1.27 bits per heavy atom. The molecular formula is C22H15BrN3O3P. The lowest BCUT2D eigenvalue weighted by atomic mass is 10.0. The molecule has 30 heavy (non-hydrogen) atoms. The molecule has 1 heterocycles. The van der Waals surface area contributed by atoms with Crippen LogP contribution < -0.4 is 4.74 Å². The molecule has 0 aliphatic heterocycles. The van der Waals surface area contributed by atoms with Crippen LogP contribution in [0, 0.1) is 22.7 Å². The number of carbonyl (C=O) groups excluding carboxylic acids is 1. The molecule has 0 radical (unpaired) electrons. The number of allylic oxidation sites excluding steroid dienone is 1. The van der Waals surface area contributed by atoms with Gasteiger partial charge >= 0.3 is 0 Å². The molecule has 0 saturated heterocycles. The van der Waals surface area contributed by atoms with E-state index in [2.05, 4.69) is 28.1 Å². The van der Waals surface area contributed by atoms with Gasteiger partial charge in [0.1, 0.15) is 5.75 Å². The Morgan fingerprint density at radius 3 is 2.73 bits per heavy atom. The lowest BCUT2D eigenvalue weighted by Gasteiger charge is -2.06. The Labute approximate surface area is 183 Å². The molecule has 0 spiro atoms. The van der Waals surface area contributed by atoms with E-state index in [0.29, 0.717) is 33.5 Å². The Hall–Kier alpha value is -3.25. The lowest BCUT2D eigenvalue weighted by molar-refractivity contribution is 0.0915. The van der Waals surface area contributed by atoms with Gasteiger partial charge in [0.25, 0.3) is 0 Å². The zero-order chi connectivity index (χ0) is 21.7. The lowest BCUT2D eigenvalue weighted by Crippen LogP contribution is -2.09. The van der Waals surface area contributed by atoms with Crippen LogP contribution in [0.4, 0.5) is 0 Å². The molecule has 2 aromatic carbocycles. The first kappa shape index (κ1) is 21.5. The maximum Gasteiger partial charge on any atom is 0.231 e. The number of hydrogen-bond acceptors (Lipinski definition) is 5. The van der Waals surface area contributed by atoms with Crippen LogP contribution in [0.3, 0.4) is 0 Å². The largest absolute Gasteiger partial charge is 0.496 e. The topological polar surface area (TPSA) is 95.9 Å². The Balaban J connectivity index is 2.22. The highest BCUT2D eigenvalue weighted by Gasteiger charge is 2.17. The second-order valence-electron chi connectivity index (χ2n) is 6.31. The summed E-state index contributed by atoms with van der Waals surface area (Å²) in [6, 6.07) is 14.7. The highest BCUT2D eigenvalue weighted by molar-refractivity contribution is 9.10. The highest BCUT2D eigenvalue weighted by atomic mass is 79.9. The number of methoxy groups -OCH3 is 1. The maximum absolute atomic E-state index is 12.6. The predicted octanol–water partition coefficient (Wildman–Crippen LogP) is 5.67. The minimum Gasteiger partial charge on any atom is -0.496 e. The van der Waals surface area contributed by atoms with Crippen LogP contribution in [0.5, 0.6) is 5.75 Å². The summed E-state index contributed by atoms with van der Waals surface area (Å²) in [6.07, 6.45) is 3.61. The molecule has 3 rings (SSSR count). The number of nitriles is 2. The maximum atomic E-state index is 12.6. The first-order chi connectivity index (χ1) is 14.5. The van der Waals surface area contributed by atoms with E-state index < -0.39 is 0 Å². The number of benzene rings is 2. The van der Waals surface area contributed by atoms with Crippen molar-refractivity contribution in [2.45, 2.75) is 6.42 Å². The second kappa shape index (κ2) is 9.50. The van der Waals surface area contributed by atoms with Gasteiger partial charge in [0.2, 0.25) is 5.91 Å². The third-order valence-corrected chi connectivity index (χ3v) is 5.42. The fourth-order valence-electron chi connectivity index (χ4n) is 3.13. The number of aromatic nitrogens is 1. The number of nitrogens with zero attached hydrogens (tertiary/aromatic N) is 3. The molecule has 0 N–H and O–H groups in total. The molecule has 3 aromatic rings. The molecule has 0 aliphatic rings. The number of hydrogen-bond donors (Lipinski definition) is 0. The Morgan fingerprint density at radius 2 is 2.07 bits per heavy atom. The molecule has 0 aliphatic carbocycles. The molecule has 8 heteroatoms. The summed E-state index contributed by atoms with van der Waals surface area (Å²) in [5.74, 6) is 0.315. The van der Waals surface area contributed by atoms with Crippen LogP contribution in [0.25, 0.3) is 22.6 Å². The number of halogens is 1. The van der Waals surface area contributed by atoms with Gasteiger partial charge in [0.15, 0.2) is 8.46 Å². The molecule has 148 valence electrons. The summed E-state index contributed by atoms with van der Waals surface area (Å²) in [5, 5.41) is 19.8. The van der Waals surface area contributed by atoms with Crippen LogP contribution in [0.1, 0.15) is 27.9 Å². The summed E-state index contributed by atoms with van der Waals surface area (Å²) >= 11 is 3.44. The van der Waals surface area contributed by atoms with Crippen molar-refractivity contribution in [2.75, 3.05) is 13.3 Å². The fraction of sp³-hybridized carbons (Fsp3) is 0.136. The third kappa shape index (κ3) is 4.33. The van der Waals surface area contributed by atoms with Crippen LogP contribution in [0.2, 0.25) is 0 Å². The Bertz CT molecular complexity index is 1270. The monoisotopic (exact) mass is 479 g/mol. The van der Waals surface area contributed by atoms with Gasteiger partial charge in [-0.15, -0.1) is 0 Å². The van der Waals surface area contributed by atoms with E-state index in [1.54, 1.807) is 36.5 Å². The molecular weight excluding hydrogens is 465 g/mol. The number of carbonyl (C=O) groups is 1. The zero-order valence-electron chi connectivity index (χ0n) is 15.9. The summed E-state index contributed by atoms with van der Waals surface area (Å²) < 4.78 is 18.4. The molecule has 6 nitrogen and oxygen atoms in total. The van der Waals surface area contributed by atoms with Crippen molar-refractivity contribution in [1.82, 2.24) is 4.57 Å². The average Bonchev–Trinajstić information content (AvgIpc) is 3.14. The summed E-state index contributed by atoms with van der Waals surface area (Å²) in [5.41, 5.74) is 2.57. The van der Waals surface area contributed by atoms with Gasteiger partial charge in [-0.25, -0.2) is 0 Å². The first-order valence-corrected chi connectivity index (χ1v) is 10.6. The average molecular weight is 480 g/mol. The van der Waals surface area contributed by atoms with E-state index in [1.807, 2.05) is 12.1 Å². The van der Waals surface area contributed by atoms with Gasteiger partial charge in [-0.1, -0.05) is 15.9 Å². The smallest absolute Gasteiger partial charge is 0.231 e. The summed E-state index contributed by atoms with van der Waals surface area (Å²) in [4.78, 5) is 12.6. The normalized spacial score (nSPS) is 11.3. The van der Waals surface area contributed by atoms with Crippen molar-refractivity contribution in [3.63, 3.8) is 0 Å². The van der Waals surface area contributed by atoms with Crippen LogP contribution in [-0.4, -0.2) is 23.7 Å². The first-order valence-electron chi connectivity index (χ1n) is 8.85. The molecule has 0 saturated carbocycles. The van der Waals surface area contributed by atoms with Crippen LogP contribution in [-0.2, 0) is 4.57 Å². The van der Waals surface area contributed by atoms with Gasteiger partial charge in [-0.3, -0.25) is 13.9 Å². The summed E-state index contributed by atoms with van der Waals surface area (Å²) in [6.45, 7) is 0. The van der Waals surface area contributed by atoms with E-state index in [-0.39, 0.29) is 27.0 Å². The SMILES string of the molecule is COc1ccc(C#N)cc1/C=C(\C#N)c1cn(C(=O)CCP=O)c2ccc(Br)cc12. The van der Waals surface area contributed by atoms with E-state index in [9.17, 15) is 19.9 Å². The molecule has 0 atom stereocenters. The Kier molecular flexibility index (Phi) is 6.79. The van der Waals surface area contributed by atoms with Crippen LogP contribution >= 0.6 is 24.4 Å². The van der Waals surface area contributed by atoms with Crippen molar-refractivity contribution in [2.24, 2.45) is 0 Å². The molecule has 1 aromatic heterocycles. The quantitative estimate of drug-likeness (QED) is 0.335. The van der Waals surface area contributed by atoms with Gasteiger partial charge in [-0.05, 0) is 42.5 Å². The van der Waals surface area contributed by atoms with E-state index in [4.69, 9.17) is 4.74 Å². The van der Waals surface area contributed by atoms with E-state index in [0.717, 1.165) is 9.86 Å². The fourth-order valence-corrected chi connectivity index (χ4v) is 3.77. The zero-order valence-corrected chi connectivity index (χ0v) is 18.4. The third-order valence-electron chi connectivity index (χ3n) is 4.52. The van der Waals surface area contributed by atoms with E-state index in [1.165, 1.54) is 11.7 Å². The van der Waals surface area contributed by atoms with Gasteiger partial charge in [0, 0.05) is 39.8 Å². The minimum atomic E-state index is -0.210. The van der Waals surface area contributed by atoms with Crippen molar-refractivity contribution in [1.29, 1.82) is 10.5 Å². The standard InChI is InChI=1S/C22H15BrN3O3P/c1-29-21-5-2-14(11-24)8-15(21)9-16(12-25)19-13-26(22(27)6-7-30-28)20-4-3-17(23)10-18(19)20/h2-5,8-10,13H,6-7H2,1H3/b16-9+. The van der Waals surface area contributed by atoms with Gasteiger partial charge < -0.3 is 4.74 Å². The van der Waals surface area contributed by atoms with Crippen molar-refractivity contribution in [3.05, 3.63) is 63.8 Å².